The molecule has 1 amide bonds. The van der Waals surface area contributed by atoms with E-state index in [0.717, 1.165) is 5.56 Å². The molecular weight excluding hydrogens is 364 g/mol. The summed E-state index contributed by atoms with van der Waals surface area (Å²) in [5.41, 5.74) is 2.02. The van der Waals surface area contributed by atoms with Gasteiger partial charge in [0, 0.05) is 24.8 Å². The Labute approximate surface area is 160 Å². The molecule has 0 aliphatic carbocycles. The van der Waals surface area contributed by atoms with Crippen molar-refractivity contribution in [1.29, 1.82) is 0 Å². The van der Waals surface area contributed by atoms with Crippen LogP contribution in [0.3, 0.4) is 0 Å². The van der Waals surface area contributed by atoms with Gasteiger partial charge in [-0.2, -0.15) is 0 Å². The standard InChI is InChI=1S/C20H24N2O4S/c1-14(13-26-3)21-20(23)17-8-6-9-18(12-17)27(24,25)22-15(2)11-16-7-4-5-10-19(16)22/h4-10,12,14-15H,11,13H2,1-3H3,(H,21,23). The molecule has 6 nitrogen and oxygen atoms in total. The molecule has 3 rings (SSSR count). The van der Waals surface area contributed by atoms with Crippen LogP contribution >= 0.6 is 0 Å². The van der Waals surface area contributed by atoms with Gasteiger partial charge in [0.2, 0.25) is 0 Å². The third-order valence-electron chi connectivity index (χ3n) is 4.59. The van der Waals surface area contributed by atoms with Crippen LogP contribution in [0.1, 0.15) is 29.8 Å². The van der Waals surface area contributed by atoms with Crippen molar-refractivity contribution in [3.8, 4) is 0 Å². The molecule has 27 heavy (non-hydrogen) atoms. The van der Waals surface area contributed by atoms with Crippen molar-refractivity contribution in [3.63, 3.8) is 0 Å². The van der Waals surface area contributed by atoms with Gasteiger partial charge in [0.25, 0.3) is 15.9 Å². The van der Waals surface area contributed by atoms with E-state index in [0.29, 0.717) is 24.3 Å². The molecule has 2 unspecified atom stereocenters. The first-order valence-electron chi connectivity index (χ1n) is 8.87. The number of ether oxygens (including phenoxy) is 1. The molecule has 0 aromatic heterocycles. The molecule has 0 spiro atoms. The van der Waals surface area contributed by atoms with Gasteiger partial charge in [0.15, 0.2) is 0 Å². The summed E-state index contributed by atoms with van der Waals surface area (Å²) in [4.78, 5) is 12.5. The average Bonchev–Trinajstić information content (AvgIpc) is 2.98. The number of fused-ring (bicyclic) bond motifs is 1. The summed E-state index contributed by atoms with van der Waals surface area (Å²) < 4.78 is 33.0. The van der Waals surface area contributed by atoms with Crippen molar-refractivity contribution < 1.29 is 17.9 Å². The summed E-state index contributed by atoms with van der Waals surface area (Å²) >= 11 is 0. The van der Waals surface area contributed by atoms with E-state index in [4.69, 9.17) is 4.74 Å². The fourth-order valence-electron chi connectivity index (χ4n) is 3.41. The highest BCUT2D eigenvalue weighted by molar-refractivity contribution is 7.92. The van der Waals surface area contributed by atoms with Crippen molar-refractivity contribution in [2.24, 2.45) is 0 Å². The van der Waals surface area contributed by atoms with Crippen LogP contribution in [0, 0.1) is 0 Å². The summed E-state index contributed by atoms with van der Waals surface area (Å²) in [6.45, 7) is 4.09. The van der Waals surface area contributed by atoms with Gasteiger partial charge in [-0.05, 0) is 50.1 Å². The van der Waals surface area contributed by atoms with Gasteiger partial charge >= 0.3 is 0 Å². The fraction of sp³-hybridized carbons (Fsp3) is 0.350. The van der Waals surface area contributed by atoms with Gasteiger partial charge in [0.05, 0.1) is 17.2 Å². The third kappa shape index (κ3) is 3.84. The van der Waals surface area contributed by atoms with Gasteiger partial charge in [-0.3, -0.25) is 9.10 Å². The Morgan fingerprint density at radius 1 is 1.26 bits per heavy atom. The first-order chi connectivity index (χ1) is 12.8. The maximum Gasteiger partial charge on any atom is 0.264 e. The summed E-state index contributed by atoms with van der Waals surface area (Å²) in [6.07, 6.45) is 0.671. The maximum absolute atomic E-state index is 13.3. The summed E-state index contributed by atoms with van der Waals surface area (Å²) in [6, 6.07) is 13.3. The first kappa shape index (κ1) is 19.4. The number of para-hydroxylation sites is 1. The number of rotatable bonds is 6. The number of nitrogens with zero attached hydrogens (tertiary/aromatic N) is 1. The van der Waals surface area contributed by atoms with E-state index in [-0.39, 0.29) is 22.9 Å². The van der Waals surface area contributed by atoms with E-state index in [1.54, 1.807) is 19.2 Å². The van der Waals surface area contributed by atoms with E-state index >= 15 is 0 Å². The molecule has 1 N–H and O–H groups in total. The van der Waals surface area contributed by atoms with Crippen LogP contribution in [-0.4, -0.2) is 40.1 Å². The molecule has 144 valence electrons. The summed E-state index contributed by atoms with van der Waals surface area (Å²) in [5.74, 6) is -0.327. The number of carbonyl (C=O) groups excluding carboxylic acids is 1. The van der Waals surface area contributed by atoms with Crippen LogP contribution in [0.15, 0.2) is 53.4 Å². The van der Waals surface area contributed by atoms with Gasteiger partial charge in [-0.1, -0.05) is 24.3 Å². The van der Waals surface area contributed by atoms with Gasteiger partial charge in [-0.15, -0.1) is 0 Å². The Bertz CT molecular complexity index is 943. The number of carbonyl (C=O) groups is 1. The lowest BCUT2D eigenvalue weighted by Crippen LogP contribution is -2.37. The van der Waals surface area contributed by atoms with E-state index < -0.39 is 10.0 Å². The minimum Gasteiger partial charge on any atom is -0.383 e. The number of hydrogen-bond donors (Lipinski definition) is 1. The Balaban J connectivity index is 1.91. The van der Waals surface area contributed by atoms with Crippen LogP contribution in [0.25, 0.3) is 0 Å². The highest BCUT2D eigenvalue weighted by atomic mass is 32.2. The lowest BCUT2D eigenvalue weighted by atomic mass is 10.1. The number of benzene rings is 2. The van der Waals surface area contributed by atoms with Crippen LogP contribution < -0.4 is 9.62 Å². The van der Waals surface area contributed by atoms with Crippen LogP contribution in [0.5, 0.6) is 0 Å². The zero-order chi connectivity index (χ0) is 19.6. The lowest BCUT2D eigenvalue weighted by molar-refractivity contribution is 0.0905. The van der Waals surface area contributed by atoms with E-state index in [9.17, 15) is 13.2 Å². The van der Waals surface area contributed by atoms with E-state index in [1.165, 1.54) is 16.4 Å². The first-order valence-corrected chi connectivity index (χ1v) is 10.3. The molecule has 2 aromatic carbocycles. The highest BCUT2D eigenvalue weighted by Crippen LogP contribution is 2.36. The van der Waals surface area contributed by atoms with Crippen LogP contribution in [0.4, 0.5) is 5.69 Å². The second-order valence-electron chi connectivity index (χ2n) is 6.84. The molecule has 1 heterocycles. The Kier molecular flexibility index (Phi) is 5.53. The summed E-state index contributed by atoms with van der Waals surface area (Å²) in [5, 5.41) is 2.80. The normalized spacial score (nSPS) is 17.4. The molecular formula is C20H24N2O4S. The molecule has 0 saturated carbocycles. The van der Waals surface area contributed by atoms with Crippen molar-refractivity contribution in [3.05, 3.63) is 59.7 Å². The minimum atomic E-state index is -3.77. The quantitative estimate of drug-likeness (QED) is 0.825. The van der Waals surface area contributed by atoms with Crippen molar-refractivity contribution in [2.45, 2.75) is 37.2 Å². The second kappa shape index (κ2) is 7.70. The minimum absolute atomic E-state index is 0.109. The molecule has 7 heteroatoms. The Hall–Kier alpha value is -2.38. The average molecular weight is 388 g/mol. The third-order valence-corrected chi connectivity index (χ3v) is 6.52. The topological polar surface area (TPSA) is 75.7 Å². The number of anilines is 1. The van der Waals surface area contributed by atoms with Gasteiger partial charge in [0.1, 0.15) is 0 Å². The number of sulfonamides is 1. The highest BCUT2D eigenvalue weighted by Gasteiger charge is 2.36. The van der Waals surface area contributed by atoms with Gasteiger partial charge < -0.3 is 10.1 Å². The van der Waals surface area contributed by atoms with Crippen molar-refractivity contribution in [1.82, 2.24) is 5.32 Å². The predicted octanol–water partition coefficient (Wildman–Crippen LogP) is 2.59. The van der Waals surface area contributed by atoms with Crippen LogP contribution in [0.2, 0.25) is 0 Å². The Morgan fingerprint density at radius 2 is 2.00 bits per heavy atom. The van der Waals surface area contributed by atoms with Crippen LogP contribution in [-0.2, 0) is 21.2 Å². The Morgan fingerprint density at radius 3 is 2.74 bits per heavy atom. The number of nitrogens with one attached hydrogen (secondary N) is 1. The SMILES string of the molecule is COCC(C)NC(=O)c1cccc(S(=O)(=O)N2c3ccccc3CC2C)c1. The molecule has 0 saturated heterocycles. The molecule has 0 bridgehead atoms. The predicted molar refractivity (Wildman–Crippen MR) is 105 cm³/mol. The monoisotopic (exact) mass is 388 g/mol. The smallest absolute Gasteiger partial charge is 0.264 e. The maximum atomic E-state index is 13.3. The lowest BCUT2D eigenvalue weighted by Gasteiger charge is -2.24. The number of hydrogen-bond acceptors (Lipinski definition) is 4. The molecule has 1 aliphatic rings. The fourth-order valence-corrected chi connectivity index (χ4v) is 5.15. The molecule has 0 radical (unpaired) electrons. The zero-order valence-corrected chi connectivity index (χ0v) is 16.5. The molecule has 2 atom stereocenters. The van der Waals surface area contributed by atoms with E-state index in [1.807, 2.05) is 38.1 Å². The molecule has 0 fully saturated rings. The second-order valence-corrected chi connectivity index (χ2v) is 8.66. The summed E-state index contributed by atoms with van der Waals surface area (Å²) in [7, 11) is -2.21. The number of amides is 1. The van der Waals surface area contributed by atoms with E-state index in [2.05, 4.69) is 5.32 Å². The number of methoxy groups -OCH3 is 1. The van der Waals surface area contributed by atoms with Crippen molar-refractivity contribution in [2.75, 3.05) is 18.0 Å². The molecule has 1 aliphatic heterocycles. The molecule has 2 aromatic rings. The van der Waals surface area contributed by atoms with Gasteiger partial charge in [-0.25, -0.2) is 8.42 Å². The largest absolute Gasteiger partial charge is 0.383 e. The van der Waals surface area contributed by atoms with Crippen molar-refractivity contribution >= 4 is 21.6 Å². The zero-order valence-electron chi connectivity index (χ0n) is 15.7.